The monoisotopic (exact) mass is 299 g/mol. The maximum Gasteiger partial charge on any atom is 0.351 e. The zero-order valence-electron chi connectivity index (χ0n) is 10.8. The smallest absolute Gasteiger partial charge is 0.351 e. The molecule has 1 aromatic heterocycles. The van der Waals surface area contributed by atoms with Crippen LogP contribution in [0.25, 0.3) is 0 Å². The van der Waals surface area contributed by atoms with Crippen molar-refractivity contribution in [3.05, 3.63) is 22.7 Å². The van der Waals surface area contributed by atoms with E-state index in [0.29, 0.717) is 0 Å². The minimum absolute atomic E-state index is 0.0353. The first kappa shape index (κ1) is 15.4. The minimum Gasteiger partial charge on any atom is -0.394 e. The van der Waals surface area contributed by atoms with Crippen molar-refractivity contribution in [2.24, 2.45) is 0 Å². The summed E-state index contributed by atoms with van der Waals surface area (Å²) in [5.74, 6) is 4.09. The molecule has 0 aromatic carbocycles. The van der Waals surface area contributed by atoms with Crippen molar-refractivity contribution < 1.29 is 24.4 Å². The Morgan fingerprint density at radius 2 is 2.33 bits per heavy atom. The highest BCUT2D eigenvalue weighted by molar-refractivity contribution is 5.26. The van der Waals surface area contributed by atoms with Crippen LogP contribution < -0.4 is 11.4 Å². The van der Waals surface area contributed by atoms with E-state index in [1.54, 1.807) is 0 Å². The number of alkyl halides is 1. The van der Waals surface area contributed by atoms with Crippen LogP contribution in [0.4, 0.5) is 10.2 Å². The summed E-state index contributed by atoms with van der Waals surface area (Å²) in [5, 5.41) is 29.6. The van der Waals surface area contributed by atoms with Gasteiger partial charge in [-0.1, -0.05) is 11.8 Å². The van der Waals surface area contributed by atoms with Crippen LogP contribution in [-0.2, 0) is 4.74 Å². The Balaban J connectivity index is 2.51. The molecule has 0 bridgehead atoms. The molecule has 1 fully saturated rings. The van der Waals surface area contributed by atoms with Gasteiger partial charge in [0, 0.05) is 6.20 Å². The van der Waals surface area contributed by atoms with Gasteiger partial charge >= 0.3 is 5.69 Å². The third kappa shape index (κ3) is 2.62. The second-order valence-corrected chi connectivity index (χ2v) is 4.46. The number of halogens is 1. The number of nitrogens with zero attached hydrogens (tertiary/aromatic N) is 2. The molecule has 0 saturated carbocycles. The molecule has 0 radical (unpaired) electrons. The number of nitrogen functional groups attached to an aromatic ring is 1. The number of anilines is 1. The Kier molecular flexibility index (Phi) is 4.24. The lowest BCUT2D eigenvalue weighted by atomic mass is 9.94. The van der Waals surface area contributed by atoms with Gasteiger partial charge in [0.25, 0.3) is 0 Å². The zero-order valence-corrected chi connectivity index (χ0v) is 10.8. The maximum atomic E-state index is 12.2. The molecular formula is C12H14FN3O5. The lowest BCUT2D eigenvalue weighted by Gasteiger charge is -2.26. The Morgan fingerprint density at radius 1 is 1.62 bits per heavy atom. The SMILES string of the molecule is Nc1ccn([C@@H]2O[C@H](CO)[C@H](O)C2(O)C#CCF)c(=O)n1. The highest BCUT2D eigenvalue weighted by atomic mass is 19.1. The van der Waals surface area contributed by atoms with Gasteiger partial charge in [0.05, 0.1) is 6.61 Å². The molecule has 1 aliphatic heterocycles. The van der Waals surface area contributed by atoms with Gasteiger partial charge in [-0.05, 0) is 6.07 Å². The van der Waals surface area contributed by atoms with E-state index in [1.165, 1.54) is 12.3 Å². The third-order valence-corrected chi connectivity index (χ3v) is 3.12. The predicted octanol–water partition coefficient (Wildman–Crippen LogP) is -2.22. The molecule has 1 aromatic rings. The maximum absolute atomic E-state index is 12.2. The Hall–Kier alpha value is -1.99. The first-order valence-corrected chi connectivity index (χ1v) is 6.01. The van der Waals surface area contributed by atoms with Gasteiger partial charge in [-0.3, -0.25) is 4.57 Å². The second-order valence-electron chi connectivity index (χ2n) is 4.46. The van der Waals surface area contributed by atoms with E-state index in [-0.39, 0.29) is 5.82 Å². The summed E-state index contributed by atoms with van der Waals surface area (Å²) in [7, 11) is 0. The average Bonchev–Trinajstić information content (AvgIpc) is 2.70. The Labute approximate surface area is 118 Å². The summed E-state index contributed by atoms with van der Waals surface area (Å²) < 4.78 is 18.3. The molecule has 4 atom stereocenters. The quantitative estimate of drug-likeness (QED) is 0.455. The molecule has 1 aliphatic rings. The number of aromatic nitrogens is 2. The summed E-state index contributed by atoms with van der Waals surface area (Å²) in [6.45, 7) is -1.67. The molecule has 8 nitrogen and oxygen atoms in total. The van der Waals surface area contributed by atoms with Gasteiger partial charge in [0.2, 0.25) is 0 Å². The largest absolute Gasteiger partial charge is 0.394 e. The minimum atomic E-state index is -2.26. The summed E-state index contributed by atoms with van der Waals surface area (Å²) in [6, 6.07) is 1.28. The molecule has 5 N–H and O–H groups in total. The summed E-state index contributed by atoms with van der Waals surface area (Å²) >= 11 is 0. The number of hydrogen-bond donors (Lipinski definition) is 4. The number of nitrogens with two attached hydrogens (primary N) is 1. The summed E-state index contributed by atoms with van der Waals surface area (Å²) in [4.78, 5) is 15.3. The molecule has 0 spiro atoms. The van der Waals surface area contributed by atoms with Crippen molar-refractivity contribution in [3.63, 3.8) is 0 Å². The van der Waals surface area contributed by atoms with Gasteiger partial charge in [-0.15, -0.1) is 0 Å². The molecule has 9 heteroatoms. The van der Waals surface area contributed by atoms with Gasteiger partial charge in [0.15, 0.2) is 11.8 Å². The van der Waals surface area contributed by atoms with E-state index < -0.39 is 43.0 Å². The van der Waals surface area contributed by atoms with E-state index >= 15 is 0 Å². The van der Waals surface area contributed by atoms with E-state index in [0.717, 1.165) is 4.57 Å². The van der Waals surface area contributed by atoms with Crippen LogP contribution >= 0.6 is 0 Å². The van der Waals surface area contributed by atoms with Crippen molar-refractivity contribution in [1.82, 2.24) is 9.55 Å². The number of aliphatic hydroxyl groups is 3. The van der Waals surface area contributed by atoms with Crippen LogP contribution in [0.3, 0.4) is 0 Å². The van der Waals surface area contributed by atoms with Crippen LogP contribution in [0.15, 0.2) is 17.1 Å². The summed E-state index contributed by atoms with van der Waals surface area (Å²) in [6.07, 6.45) is -3.07. The second kappa shape index (κ2) is 5.79. The fourth-order valence-corrected chi connectivity index (χ4v) is 2.11. The van der Waals surface area contributed by atoms with Crippen LogP contribution in [0.5, 0.6) is 0 Å². The lowest BCUT2D eigenvalue weighted by Crippen LogP contribution is -2.47. The lowest BCUT2D eigenvalue weighted by molar-refractivity contribution is -0.0764. The molecule has 0 aliphatic carbocycles. The van der Waals surface area contributed by atoms with E-state index in [4.69, 9.17) is 15.6 Å². The van der Waals surface area contributed by atoms with E-state index in [2.05, 4.69) is 10.9 Å². The number of rotatable bonds is 2. The topological polar surface area (TPSA) is 131 Å². The average molecular weight is 299 g/mol. The molecule has 21 heavy (non-hydrogen) atoms. The van der Waals surface area contributed by atoms with Crippen LogP contribution in [0.1, 0.15) is 6.23 Å². The molecule has 1 unspecified atom stereocenters. The van der Waals surface area contributed by atoms with Crippen molar-refractivity contribution in [1.29, 1.82) is 0 Å². The molecule has 114 valence electrons. The van der Waals surface area contributed by atoms with Gasteiger partial charge in [-0.25, -0.2) is 9.18 Å². The fourth-order valence-electron chi connectivity index (χ4n) is 2.11. The third-order valence-electron chi connectivity index (χ3n) is 3.12. The zero-order chi connectivity index (χ0) is 15.6. The first-order valence-electron chi connectivity index (χ1n) is 6.01. The Morgan fingerprint density at radius 3 is 2.90 bits per heavy atom. The fraction of sp³-hybridized carbons (Fsp3) is 0.500. The van der Waals surface area contributed by atoms with Gasteiger partial charge in [-0.2, -0.15) is 4.98 Å². The van der Waals surface area contributed by atoms with Crippen LogP contribution in [0.2, 0.25) is 0 Å². The van der Waals surface area contributed by atoms with E-state index in [9.17, 15) is 19.4 Å². The predicted molar refractivity (Wildman–Crippen MR) is 68.6 cm³/mol. The van der Waals surface area contributed by atoms with Crippen molar-refractivity contribution in [2.45, 2.75) is 24.0 Å². The number of ether oxygens (including phenoxy) is 1. The van der Waals surface area contributed by atoms with Crippen molar-refractivity contribution >= 4 is 5.82 Å². The van der Waals surface area contributed by atoms with Gasteiger partial charge < -0.3 is 25.8 Å². The molecule has 0 amide bonds. The van der Waals surface area contributed by atoms with Crippen molar-refractivity contribution in [3.8, 4) is 11.8 Å². The van der Waals surface area contributed by atoms with Crippen LogP contribution in [-0.4, -0.2) is 56.0 Å². The highest BCUT2D eigenvalue weighted by Gasteiger charge is 2.55. The molecular weight excluding hydrogens is 285 g/mol. The van der Waals surface area contributed by atoms with Crippen molar-refractivity contribution in [2.75, 3.05) is 19.0 Å². The van der Waals surface area contributed by atoms with Crippen LogP contribution in [0, 0.1) is 11.8 Å². The number of hydrogen-bond acceptors (Lipinski definition) is 7. The highest BCUT2D eigenvalue weighted by Crippen LogP contribution is 2.37. The molecule has 2 rings (SSSR count). The molecule has 2 heterocycles. The van der Waals surface area contributed by atoms with E-state index in [1.807, 2.05) is 5.92 Å². The first-order chi connectivity index (χ1) is 9.93. The molecule has 1 saturated heterocycles. The Bertz CT molecular complexity index is 640. The summed E-state index contributed by atoms with van der Waals surface area (Å²) in [5.41, 5.74) is 2.26. The standard InChI is InChI=1S/C12H14FN3O5/c13-4-1-3-12(20)9(18)7(6-17)21-10(12)16-5-2-8(14)15-11(16)19/h2,5,7,9-10,17-18,20H,4,6H2,(H2,14,15,19)/t7-,9+,10-,12?/m1/s1. The number of aliphatic hydroxyl groups excluding tert-OH is 2. The van der Waals surface area contributed by atoms with Gasteiger partial charge in [0.1, 0.15) is 24.7 Å². The normalized spacial score (nSPS) is 31.7.